The van der Waals surface area contributed by atoms with Crippen LogP contribution in [0, 0.1) is 17.1 Å². The molecule has 1 heterocycles. The predicted octanol–water partition coefficient (Wildman–Crippen LogP) is 1.69. The molecule has 0 saturated carbocycles. The zero-order valence-electron chi connectivity index (χ0n) is 15.0. The fourth-order valence-electron chi connectivity index (χ4n) is 2.16. The lowest BCUT2D eigenvalue weighted by Gasteiger charge is -2.16. The predicted molar refractivity (Wildman–Crippen MR) is 93.9 cm³/mol. The third kappa shape index (κ3) is 5.53. The Balaban J connectivity index is 0.00000420. The van der Waals surface area contributed by atoms with Crippen molar-refractivity contribution in [3.8, 4) is 6.07 Å². The zero-order valence-corrected chi connectivity index (χ0v) is 15.8. The van der Waals surface area contributed by atoms with E-state index >= 15 is 0 Å². The molecule has 1 aromatic carbocycles. The molecule has 0 aliphatic carbocycles. The van der Waals surface area contributed by atoms with E-state index in [2.05, 4.69) is 5.32 Å². The molecule has 0 fully saturated rings. The van der Waals surface area contributed by atoms with E-state index in [4.69, 9.17) is 5.26 Å². The van der Waals surface area contributed by atoms with E-state index < -0.39 is 38.9 Å². The lowest BCUT2D eigenvalue weighted by molar-refractivity contribution is -0.147. The van der Waals surface area contributed by atoms with Crippen molar-refractivity contribution in [2.24, 2.45) is 7.05 Å². The van der Waals surface area contributed by atoms with Gasteiger partial charge in [-0.2, -0.15) is 23.2 Å². The highest BCUT2D eigenvalue weighted by molar-refractivity contribution is 7.89. The molecule has 1 atom stereocenters. The highest BCUT2D eigenvalue weighted by Crippen LogP contribution is 2.23. The normalized spacial score (nSPS) is 12.6. The topological polar surface area (TPSA) is 135 Å². The quantitative estimate of drug-likeness (QED) is 0.690. The maximum absolute atomic E-state index is 13.3. The lowest BCUT2D eigenvalue weighted by Crippen LogP contribution is -2.42. The minimum atomic E-state index is -4.77. The van der Waals surface area contributed by atoms with Crippen LogP contribution in [0.2, 0.25) is 0 Å². The average Bonchev–Trinajstić information content (AvgIpc) is 2.98. The molecule has 2 aromatic rings. The maximum Gasteiger partial charge on any atom is 0.404 e. The van der Waals surface area contributed by atoms with Crippen molar-refractivity contribution in [1.82, 2.24) is 9.29 Å². The number of hydrogen-bond donors (Lipinski definition) is 2. The zero-order chi connectivity index (χ0) is 21.3. The second-order valence-electron chi connectivity index (χ2n) is 5.82. The van der Waals surface area contributed by atoms with Crippen LogP contribution in [0.15, 0.2) is 35.4 Å². The summed E-state index contributed by atoms with van der Waals surface area (Å²) in [6, 6.07) is 3.43. The van der Waals surface area contributed by atoms with Gasteiger partial charge in [-0.25, -0.2) is 12.8 Å². The first-order chi connectivity index (χ1) is 12.8. The van der Waals surface area contributed by atoms with Crippen LogP contribution in [0.1, 0.15) is 23.0 Å². The number of benzene rings is 1. The first-order valence-corrected chi connectivity index (χ1v) is 9.10. The van der Waals surface area contributed by atoms with Crippen LogP contribution in [0.4, 0.5) is 23.2 Å². The smallest absolute Gasteiger partial charge is 0.404 e. The Bertz CT molecular complexity index is 1060. The summed E-state index contributed by atoms with van der Waals surface area (Å²) in [5.41, 5.74) is -0.404. The number of halogens is 4. The van der Waals surface area contributed by atoms with Crippen LogP contribution in [-0.2, 0) is 17.1 Å². The second kappa shape index (κ2) is 8.60. The molecular weight excluding hydrogens is 420 g/mol. The largest absolute Gasteiger partial charge is 0.412 e. The number of sulfonamides is 1. The van der Waals surface area contributed by atoms with E-state index in [1.807, 2.05) is 0 Å². The average molecular weight is 436 g/mol. The number of alkyl halides is 3. The van der Waals surface area contributed by atoms with Crippen molar-refractivity contribution in [2.75, 3.05) is 5.32 Å². The number of nitrogens with one attached hydrogen (secondary N) is 2. The molecule has 0 bridgehead atoms. The third-order valence-corrected chi connectivity index (χ3v) is 5.20. The number of hydrogen-bond acceptors (Lipinski definition) is 4. The van der Waals surface area contributed by atoms with Crippen LogP contribution >= 0.6 is 0 Å². The molecule has 0 aliphatic heterocycles. The third-order valence-electron chi connectivity index (χ3n) is 3.69. The number of carbonyl (C=O) groups is 1. The van der Waals surface area contributed by atoms with Gasteiger partial charge in [0.15, 0.2) is 0 Å². The summed E-state index contributed by atoms with van der Waals surface area (Å²) < 4.78 is 77.9. The second-order valence-corrected chi connectivity index (χ2v) is 7.53. The fraction of sp³-hybridized carbons (Fsp3) is 0.250. The number of nitriles is 1. The Morgan fingerprint density at radius 3 is 2.45 bits per heavy atom. The minimum absolute atomic E-state index is 0. The molecule has 1 aromatic heterocycles. The van der Waals surface area contributed by atoms with Gasteiger partial charge in [-0.05, 0) is 31.2 Å². The van der Waals surface area contributed by atoms with Crippen LogP contribution < -0.4 is 10.0 Å². The van der Waals surface area contributed by atoms with E-state index in [0.29, 0.717) is 6.92 Å². The monoisotopic (exact) mass is 436 g/mol. The standard InChI is InChI=1S/C16H14F4N4O3S.H2O/c1-9(16(18,19)20)23-28(26,27)12-6-14(24(2)8-12)15(25)22-11-3-4-13(17)10(5-11)7-21;/h3-6,8-9,23H,1-2H3,(H,22,25);1H2/t9-;/m0./s1. The Labute approximate surface area is 163 Å². The van der Waals surface area contributed by atoms with Crippen LogP contribution in [0.5, 0.6) is 0 Å². The van der Waals surface area contributed by atoms with Gasteiger partial charge >= 0.3 is 6.18 Å². The van der Waals surface area contributed by atoms with Crippen LogP contribution in [-0.4, -0.2) is 36.6 Å². The Kier molecular flexibility index (Phi) is 7.14. The van der Waals surface area contributed by atoms with Gasteiger partial charge in [0.05, 0.1) is 5.56 Å². The summed E-state index contributed by atoms with van der Waals surface area (Å²) in [7, 11) is -3.20. The van der Waals surface area contributed by atoms with E-state index in [9.17, 15) is 30.8 Å². The maximum atomic E-state index is 13.3. The van der Waals surface area contributed by atoms with Crippen molar-refractivity contribution in [3.05, 3.63) is 47.5 Å². The SMILES string of the molecule is C[C@H](NS(=O)(=O)c1cc(C(=O)Nc2ccc(F)c(C#N)c2)n(C)c1)C(F)(F)F.O. The molecule has 0 aliphatic rings. The molecule has 0 radical (unpaired) electrons. The van der Waals surface area contributed by atoms with E-state index in [1.165, 1.54) is 17.8 Å². The van der Waals surface area contributed by atoms with Gasteiger partial charge in [-0.3, -0.25) is 4.79 Å². The first-order valence-electron chi connectivity index (χ1n) is 7.61. The van der Waals surface area contributed by atoms with Gasteiger partial charge in [0.25, 0.3) is 5.91 Å². The molecule has 158 valence electrons. The summed E-state index contributed by atoms with van der Waals surface area (Å²) >= 11 is 0. The molecule has 13 heteroatoms. The molecule has 4 N–H and O–H groups in total. The van der Waals surface area contributed by atoms with Crippen molar-refractivity contribution in [3.63, 3.8) is 0 Å². The lowest BCUT2D eigenvalue weighted by atomic mass is 10.2. The molecule has 1 amide bonds. The summed E-state index contributed by atoms with van der Waals surface area (Å²) in [5, 5.41) is 11.2. The van der Waals surface area contributed by atoms with E-state index in [0.717, 1.165) is 29.0 Å². The minimum Gasteiger partial charge on any atom is -0.412 e. The van der Waals surface area contributed by atoms with Crippen molar-refractivity contribution < 1.29 is 36.3 Å². The summed E-state index contributed by atoms with van der Waals surface area (Å²) in [6.07, 6.45) is -3.80. The Morgan fingerprint density at radius 2 is 1.90 bits per heavy atom. The highest BCUT2D eigenvalue weighted by Gasteiger charge is 2.39. The van der Waals surface area contributed by atoms with E-state index in [1.54, 1.807) is 6.07 Å². The number of anilines is 1. The summed E-state index contributed by atoms with van der Waals surface area (Å²) in [4.78, 5) is 11.8. The molecule has 2 rings (SSSR count). The van der Waals surface area contributed by atoms with Crippen LogP contribution in [0.25, 0.3) is 0 Å². The van der Waals surface area contributed by atoms with Crippen molar-refractivity contribution >= 4 is 21.6 Å². The number of nitrogens with zero attached hydrogens (tertiary/aromatic N) is 2. The molecule has 0 saturated heterocycles. The summed E-state index contributed by atoms with van der Waals surface area (Å²) in [5.74, 6) is -1.58. The first kappa shape index (κ1) is 24.1. The number of amides is 1. The summed E-state index contributed by atoms with van der Waals surface area (Å²) in [6.45, 7) is 0.648. The van der Waals surface area contributed by atoms with Gasteiger partial charge in [0, 0.05) is 18.9 Å². The van der Waals surface area contributed by atoms with Crippen molar-refractivity contribution in [1.29, 1.82) is 5.26 Å². The molecule has 29 heavy (non-hydrogen) atoms. The Morgan fingerprint density at radius 1 is 1.28 bits per heavy atom. The van der Waals surface area contributed by atoms with E-state index in [-0.39, 0.29) is 22.4 Å². The van der Waals surface area contributed by atoms with Gasteiger partial charge in [0.2, 0.25) is 10.0 Å². The fourth-order valence-corrected chi connectivity index (χ4v) is 3.46. The highest BCUT2D eigenvalue weighted by atomic mass is 32.2. The van der Waals surface area contributed by atoms with Gasteiger partial charge in [-0.1, -0.05) is 0 Å². The van der Waals surface area contributed by atoms with Gasteiger partial charge in [0.1, 0.15) is 28.5 Å². The number of rotatable bonds is 5. The van der Waals surface area contributed by atoms with Crippen molar-refractivity contribution in [2.45, 2.75) is 24.0 Å². The number of carbonyl (C=O) groups excluding carboxylic acids is 1. The molecular formula is C16H16F4N4O4S. The molecule has 0 spiro atoms. The Hall–Kier alpha value is -2.95. The molecule has 8 nitrogen and oxygen atoms in total. The number of aryl methyl sites for hydroxylation is 1. The molecule has 0 unspecified atom stereocenters. The number of aromatic nitrogens is 1. The van der Waals surface area contributed by atoms with Gasteiger partial charge < -0.3 is 15.4 Å². The van der Waals surface area contributed by atoms with Gasteiger partial charge in [-0.15, -0.1) is 0 Å². The van der Waals surface area contributed by atoms with Crippen LogP contribution in [0.3, 0.4) is 0 Å².